The Hall–Kier alpha value is -4.05. The van der Waals surface area contributed by atoms with E-state index in [9.17, 15) is 0 Å². The Morgan fingerprint density at radius 3 is 2.73 bits per heavy atom. The Balaban J connectivity index is 1.54. The molecule has 4 aromatic heterocycles. The van der Waals surface area contributed by atoms with Gasteiger partial charge in [0, 0.05) is 50.1 Å². The normalized spacial score (nSPS) is 13.4. The highest BCUT2D eigenvalue weighted by Gasteiger charge is 2.14. The largest absolute Gasteiger partial charge is 0.437 e. The van der Waals surface area contributed by atoms with Crippen molar-refractivity contribution in [1.82, 2.24) is 15.0 Å². The number of nitrogens with zero attached hydrogens (tertiary/aromatic N) is 3. The van der Waals surface area contributed by atoms with E-state index in [1.807, 2.05) is 48.7 Å². The lowest BCUT2D eigenvalue weighted by Gasteiger charge is -2.08. The molecule has 2 aromatic carbocycles. The SMILES string of the molecule is [2H]C([2H])([2H])c1ccc2c(n1)oc1c(-c3cc(-c4cccc5ccncc45)ccn3)cccc12. The van der Waals surface area contributed by atoms with Gasteiger partial charge in [-0.1, -0.05) is 30.3 Å². The number of benzene rings is 2. The number of fused-ring (bicyclic) bond motifs is 4. The summed E-state index contributed by atoms with van der Waals surface area (Å²) in [6.45, 7) is -2.29. The van der Waals surface area contributed by atoms with Gasteiger partial charge in [-0.15, -0.1) is 0 Å². The molecule has 30 heavy (non-hydrogen) atoms. The molecule has 142 valence electrons. The second-order valence-electron chi connectivity index (χ2n) is 7.17. The zero-order chi connectivity index (χ0) is 22.6. The maximum Gasteiger partial charge on any atom is 0.227 e. The van der Waals surface area contributed by atoms with Crippen LogP contribution >= 0.6 is 0 Å². The van der Waals surface area contributed by atoms with Gasteiger partial charge < -0.3 is 4.42 Å². The molecule has 0 amide bonds. The Morgan fingerprint density at radius 2 is 1.77 bits per heavy atom. The van der Waals surface area contributed by atoms with Crippen LogP contribution in [0.5, 0.6) is 0 Å². The monoisotopic (exact) mass is 390 g/mol. The minimum atomic E-state index is -2.29. The average Bonchev–Trinajstić information content (AvgIpc) is 3.21. The minimum Gasteiger partial charge on any atom is -0.437 e. The summed E-state index contributed by atoms with van der Waals surface area (Å²) in [7, 11) is 0. The van der Waals surface area contributed by atoms with Gasteiger partial charge in [0.05, 0.1) is 5.69 Å². The van der Waals surface area contributed by atoms with E-state index in [0.29, 0.717) is 11.3 Å². The van der Waals surface area contributed by atoms with Crippen molar-refractivity contribution in [2.45, 2.75) is 6.85 Å². The standard InChI is InChI=1S/C26H17N3O/c1-16-8-9-21-20-6-3-7-22(25(20)30-26(21)29-16)24-14-18(11-13-28-24)19-5-2-4-17-10-12-27-15-23(17)19/h2-15H,1H3/i1D3. The summed E-state index contributed by atoms with van der Waals surface area (Å²) >= 11 is 0. The molecule has 0 aliphatic carbocycles. The van der Waals surface area contributed by atoms with Crippen molar-refractivity contribution in [3.8, 4) is 22.4 Å². The van der Waals surface area contributed by atoms with Gasteiger partial charge in [-0.05, 0) is 59.8 Å². The molecule has 4 heterocycles. The fraction of sp³-hybridized carbons (Fsp3) is 0.0385. The number of aromatic nitrogens is 3. The molecule has 0 N–H and O–H groups in total. The van der Waals surface area contributed by atoms with Crippen LogP contribution in [0, 0.1) is 6.85 Å². The van der Waals surface area contributed by atoms with Gasteiger partial charge in [0.2, 0.25) is 5.71 Å². The third-order valence-electron chi connectivity index (χ3n) is 5.39. The van der Waals surface area contributed by atoms with Crippen LogP contribution in [0.2, 0.25) is 0 Å². The van der Waals surface area contributed by atoms with Crippen molar-refractivity contribution in [3.05, 3.63) is 91.0 Å². The molecule has 0 saturated heterocycles. The molecule has 0 radical (unpaired) electrons. The third kappa shape index (κ3) is 2.58. The van der Waals surface area contributed by atoms with Crippen LogP contribution in [0.3, 0.4) is 0 Å². The van der Waals surface area contributed by atoms with Crippen molar-refractivity contribution in [3.63, 3.8) is 0 Å². The van der Waals surface area contributed by atoms with Gasteiger partial charge in [-0.3, -0.25) is 9.97 Å². The number of rotatable bonds is 2. The molecule has 0 fully saturated rings. The second-order valence-corrected chi connectivity index (χ2v) is 7.17. The van der Waals surface area contributed by atoms with Crippen molar-refractivity contribution in [2.24, 2.45) is 0 Å². The number of pyridine rings is 3. The zero-order valence-electron chi connectivity index (χ0n) is 18.8. The molecule has 0 spiro atoms. The molecule has 0 saturated carbocycles. The Kier molecular flexibility index (Phi) is 3.03. The molecule has 0 bridgehead atoms. The first-order valence-electron chi connectivity index (χ1n) is 11.1. The van der Waals surface area contributed by atoms with Crippen LogP contribution in [-0.4, -0.2) is 15.0 Å². The van der Waals surface area contributed by atoms with Gasteiger partial charge >= 0.3 is 0 Å². The van der Waals surface area contributed by atoms with Crippen LogP contribution in [0.25, 0.3) is 55.2 Å². The Labute approximate surface area is 177 Å². The molecular formula is C26H17N3O. The zero-order valence-corrected chi connectivity index (χ0v) is 15.8. The minimum absolute atomic E-state index is 0.0142. The Bertz CT molecular complexity index is 1670. The first kappa shape index (κ1) is 14.0. The lowest BCUT2D eigenvalue weighted by Crippen LogP contribution is -1.87. The van der Waals surface area contributed by atoms with Gasteiger partial charge in [0.1, 0.15) is 5.58 Å². The number of furan rings is 1. The molecule has 0 atom stereocenters. The first-order chi connectivity index (χ1) is 16.0. The molecule has 4 heteroatoms. The average molecular weight is 390 g/mol. The van der Waals surface area contributed by atoms with Crippen LogP contribution in [0.1, 0.15) is 9.81 Å². The molecule has 6 rings (SSSR count). The van der Waals surface area contributed by atoms with Gasteiger partial charge in [0.25, 0.3) is 0 Å². The summed E-state index contributed by atoms with van der Waals surface area (Å²) < 4.78 is 29.0. The second kappa shape index (κ2) is 6.49. The summed E-state index contributed by atoms with van der Waals surface area (Å²) in [4.78, 5) is 13.2. The Morgan fingerprint density at radius 1 is 0.833 bits per heavy atom. The molecule has 0 aliphatic rings. The van der Waals surface area contributed by atoms with Crippen LogP contribution < -0.4 is 0 Å². The highest BCUT2D eigenvalue weighted by molar-refractivity contribution is 6.08. The molecular weight excluding hydrogens is 370 g/mol. The predicted molar refractivity (Wildman–Crippen MR) is 120 cm³/mol. The quantitative estimate of drug-likeness (QED) is 0.336. The van der Waals surface area contributed by atoms with Crippen molar-refractivity contribution in [1.29, 1.82) is 0 Å². The van der Waals surface area contributed by atoms with Crippen LogP contribution in [-0.2, 0) is 0 Å². The molecule has 0 unspecified atom stereocenters. The fourth-order valence-electron chi connectivity index (χ4n) is 3.99. The fourth-order valence-corrected chi connectivity index (χ4v) is 3.99. The van der Waals surface area contributed by atoms with E-state index in [1.165, 1.54) is 6.07 Å². The summed E-state index contributed by atoms with van der Waals surface area (Å²) in [6.07, 6.45) is 5.45. The summed E-state index contributed by atoms with van der Waals surface area (Å²) in [5.74, 6) is 0. The van der Waals surface area contributed by atoms with E-state index in [1.54, 1.807) is 18.5 Å². The van der Waals surface area contributed by atoms with E-state index in [-0.39, 0.29) is 5.69 Å². The van der Waals surface area contributed by atoms with Crippen molar-refractivity contribution < 1.29 is 8.53 Å². The third-order valence-corrected chi connectivity index (χ3v) is 5.39. The van der Waals surface area contributed by atoms with Gasteiger partial charge in [-0.25, -0.2) is 4.98 Å². The van der Waals surface area contributed by atoms with Gasteiger partial charge in [-0.2, -0.15) is 0 Å². The van der Waals surface area contributed by atoms with Crippen molar-refractivity contribution in [2.75, 3.05) is 0 Å². The topological polar surface area (TPSA) is 51.8 Å². The first-order valence-corrected chi connectivity index (χ1v) is 9.61. The van der Waals surface area contributed by atoms with E-state index in [4.69, 9.17) is 8.53 Å². The van der Waals surface area contributed by atoms with E-state index >= 15 is 0 Å². The van der Waals surface area contributed by atoms with E-state index < -0.39 is 6.85 Å². The maximum absolute atomic E-state index is 7.64. The number of hydrogen-bond acceptors (Lipinski definition) is 4. The lowest BCUT2D eigenvalue weighted by molar-refractivity contribution is 0.653. The van der Waals surface area contributed by atoms with E-state index in [0.717, 1.165) is 43.9 Å². The predicted octanol–water partition coefficient (Wildman–Crippen LogP) is 6.57. The van der Waals surface area contributed by atoms with Gasteiger partial charge in [0.15, 0.2) is 0 Å². The number of hydrogen-bond donors (Lipinski definition) is 0. The summed E-state index contributed by atoms with van der Waals surface area (Å²) in [5, 5.41) is 3.83. The summed E-state index contributed by atoms with van der Waals surface area (Å²) in [5.41, 5.74) is 4.63. The molecule has 6 aromatic rings. The maximum atomic E-state index is 7.64. The van der Waals surface area contributed by atoms with Crippen molar-refractivity contribution >= 4 is 32.8 Å². The highest BCUT2D eigenvalue weighted by atomic mass is 16.3. The highest BCUT2D eigenvalue weighted by Crippen LogP contribution is 2.36. The lowest BCUT2D eigenvalue weighted by atomic mass is 9.98. The number of para-hydroxylation sites is 1. The molecule has 0 aliphatic heterocycles. The molecule has 4 nitrogen and oxygen atoms in total. The smallest absolute Gasteiger partial charge is 0.227 e. The van der Waals surface area contributed by atoms with E-state index in [2.05, 4.69) is 27.1 Å². The van der Waals surface area contributed by atoms with Crippen LogP contribution in [0.4, 0.5) is 0 Å². The van der Waals surface area contributed by atoms with Crippen LogP contribution in [0.15, 0.2) is 89.7 Å². The number of aryl methyl sites for hydroxylation is 1. The summed E-state index contributed by atoms with van der Waals surface area (Å²) in [6, 6.07) is 21.3.